The van der Waals surface area contributed by atoms with Crippen LogP contribution in [0.4, 0.5) is 0 Å². The van der Waals surface area contributed by atoms with Gasteiger partial charge >= 0.3 is 0 Å². The average Bonchev–Trinajstić information content (AvgIpc) is 2.94. The lowest BCUT2D eigenvalue weighted by Crippen LogP contribution is -2.46. The molecule has 0 heterocycles. The van der Waals surface area contributed by atoms with Crippen molar-refractivity contribution in [1.82, 2.24) is 0 Å². The zero-order chi connectivity index (χ0) is 21.4. The number of rotatable bonds is 12. The first kappa shape index (κ1) is 24.2. The smallest absolute Gasteiger partial charge is 0.0682 e. The van der Waals surface area contributed by atoms with Crippen molar-refractivity contribution in [2.75, 3.05) is 0 Å². The van der Waals surface area contributed by atoms with Gasteiger partial charge < -0.3 is 0 Å². The Morgan fingerprint density at radius 3 is 1.66 bits per heavy atom. The third-order valence-electron chi connectivity index (χ3n) is 7.11. The summed E-state index contributed by atoms with van der Waals surface area (Å²) < 4.78 is 0. The number of aryl methyl sites for hydroxylation is 2. The molecule has 1 aliphatic rings. The van der Waals surface area contributed by atoms with E-state index in [4.69, 9.17) is 0 Å². The first-order valence-electron chi connectivity index (χ1n) is 12.3. The largest absolute Gasteiger partial charge is 0.0918 e. The fraction of sp³-hybridized carbons (Fsp3) is 0.643. The van der Waals surface area contributed by atoms with E-state index in [1.54, 1.807) is 27.5 Å². The minimum Gasteiger partial charge on any atom is -0.0682 e. The maximum Gasteiger partial charge on any atom is 0.0918 e. The quantitative estimate of drug-likeness (QED) is 0.239. The van der Waals surface area contributed by atoms with Gasteiger partial charge in [0.15, 0.2) is 0 Å². The third kappa shape index (κ3) is 6.45. The maximum absolute atomic E-state index is 2.61. The van der Waals surface area contributed by atoms with Gasteiger partial charge in [-0.2, -0.15) is 0 Å². The van der Waals surface area contributed by atoms with Gasteiger partial charge in [-0.25, -0.2) is 0 Å². The Kier molecular flexibility index (Phi) is 9.46. The summed E-state index contributed by atoms with van der Waals surface area (Å²) in [6, 6.07) is 7.74. The minimum atomic E-state index is -1.61. The van der Waals surface area contributed by atoms with Crippen molar-refractivity contribution < 1.29 is 0 Å². The Hall–Kier alpha value is -1.08. The highest BCUT2D eigenvalue weighted by atomic mass is 28.3. The van der Waals surface area contributed by atoms with Gasteiger partial charge in [0.1, 0.15) is 0 Å². The molecule has 0 N–H and O–H groups in total. The molecule has 0 radical (unpaired) electrons. The zero-order valence-corrected chi connectivity index (χ0v) is 21.5. The van der Waals surface area contributed by atoms with E-state index in [1.165, 1.54) is 69.8 Å². The van der Waals surface area contributed by atoms with Crippen LogP contribution >= 0.6 is 0 Å². The Morgan fingerprint density at radius 2 is 1.24 bits per heavy atom. The highest BCUT2D eigenvalue weighted by Crippen LogP contribution is 2.43. The van der Waals surface area contributed by atoms with Gasteiger partial charge in [-0.15, -0.1) is 0 Å². The van der Waals surface area contributed by atoms with Crippen LogP contribution in [0.1, 0.15) is 97.1 Å². The average molecular weight is 411 g/mol. The van der Waals surface area contributed by atoms with Gasteiger partial charge in [-0.1, -0.05) is 112 Å². The fourth-order valence-electron chi connectivity index (χ4n) is 5.32. The molecule has 2 rings (SSSR count). The summed E-state index contributed by atoms with van der Waals surface area (Å²) >= 11 is 0. The molecule has 1 aromatic carbocycles. The molecule has 1 aliphatic carbocycles. The third-order valence-corrected chi connectivity index (χ3v) is 11.2. The molecule has 1 unspecified atom stereocenters. The monoisotopic (exact) mass is 410 g/mol. The summed E-state index contributed by atoms with van der Waals surface area (Å²) in [4.78, 5) is 0. The predicted molar refractivity (Wildman–Crippen MR) is 135 cm³/mol. The molecule has 1 heteroatoms. The SMILES string of the molecule is CCCCCCc1cc(CCCCCC)cc([Si](C)(C)C2C(C)=CC(C)=C2C)c1. The highest BCUT2D eigenvalue weighted by Gasteiger charge is 2.38. The second-order valence-electron chi connectivity index (χ2n) is 10.1. The molecule has 1 aromatic rings. The van der Waals surface area contributed by atoms with Gasteiger partial charge in [-0.05, 0) is 57.6 Å². The number of hydrogen-bond donors (Lipinski definition) is 0. The van der Waals surface area contributed by atoms with Crippen LogP contribution in [0.2, 0.25) is 18.6 Å². The van der Waals surface area contributed by atoms with Crippen LogP contribution < -0.4 is 5.19 Å². The van der Waals surface area contributed by atoms with E-state index in [9.17, 15) is 0 Å². The molecular formula is C28H46Si. The van der Waals surface area contributed by atoms with Gasteiger partial charge in [0.2, 0.25) is 0 Å². The van der Waals surface area contributed by atoms with Crippen molar-refractivity contribution in [1.29, 1.82) is 0 Å². The van der Waals surface area contributed by atoms with Gasteiger partial charge in [0, 0.05) is 5.54 Å². The van der Waals surface area contributed by atoms with E-state index in [1.807, 2.05) is 0 Å². The Labute approximate surface area is 182 Å². The highest BCUT2D eigenvalue weighted by molar-refractivity contribution is 6.92. The molecular weight excluding hydrogens is 364 g/mol. The van der Waals surface area contributed by atoms with Crippen LogP contribution in [0, 0.1) is 0 Å². The normalized spacial score (nSPS) is 17.2. The van der Waals surface area contributed by atoms with Gasteiger partial charge in [-0.3, -0.25) is 0 Å². The van der Waals surface area contributed by atoms with Gasteiger partial charge in [0.25, 0.3) is 0 Å². The molecule has 29 heavy (non-hydrogen) atoms. The maximum atomic E-state index is 2.61. The second kappa shape index (κ2) is 11.3. The van der Waals surface area contributed by atoms with E-state index in [0.29, 0.717) is 5.54 Å². The van der Waals surface area contributed by atoms with Crippen LogP contribution in [0.3, 0.4) is 0 Å². The van der Waals surface area contributed by atoms with E-state index in [2.05, 4.69) is 72.0 Å². The van der Waals surface area contributed by atoms with Crippen molar-refractivity contribution in [2.24, 2.45) is 0 Å². The first-order chi connectivity index (χ1) is 13.8. The topological polar surface area (TPSA) is 0 Å². The molecule has 0 amide bonds. The predicted octanol–water partition coefficient (Wildman–Crippen LogP) is 8.51. The molecule has 0 fully saturated rings. The zero-order valence-electron chi connectivity index (χ0n) is 20.5. The molecule has 0 saturated heterocycles. The van der Waals surface area contributed by atoms with Crippen LogP contribution in [0.25, 0.3) is 0 Å². The van der Waals surface area contributed by atoms with Crippen molar-refractivity contribution in [3.63, 3.8) is 0 Å². The lowest BCUT2D eigenvalue weighted by Gasteiger charge is -2.34. The van der Waals surface area contributed by atoms with E-state index in [0.717, 1.165) is 0 Å². The lowest BCUT2D eigenvalue weighted by molar-refractivity contribution is 0.661. The molecule has 0 aromatic heterocycles. The Balaban J connectivity index is 2.29. The van der Waals surface area contributed by atoms with Crippen molar-refractivity contribution in [3.05, 3.63) is 52.1 Å². The van der Waals surface area contributed by atoms with Crippen molar-refractivity contribution in [3.8, 4) is 0 Å². The number of unbranched alkanes of at least 4 members (excludes halogenated alkanes) is 6. The summed E-state index contributed by atoms with van der Waals surface area (Å²) in [5, 5.41) is 1.68. The summed E-state index contributed by atoms with van der Waals surface area (Å²) in [5.41, 5.74) is 8.59. The Morgan fingerprint density at radius 1 is 0.724 bits per heavy atom. The first-order valence-corrected chi connectivity index (χ1v) is 15.4. The van der Waals surface area contributed by atoms with Crippen molar-refractivity contribution in [2.45, 2.75) is 117 Å². The molecule has 0 saturated carbocycles. The minimum absolute atomic E-state index is 0.672. The number of benzene rings is 1. The number of allylic oxidation sites excluding steroid dienone is 4. The lowest BCUT2D eigenvalue weighted by atomic mass is 10.0. The fourth-order valence-corrected chi connectivity index (χ4v) is 9.30. The molecule has 0 bridgehead atoms. The summed E-state index contributed by atoms with van der Waals surface area (Å²) in [6.45, 7) is 16.9. The Bertz CT molecular complexity index is 690. The van der Waals surface area contributed by atoms with Crippen LogP contribution in [0.5, 0.6) is 0 Å². The van der Waals surface area contributed by atoms with E-state index >= 15 is 0 Å². The number of hydrogen-bond acceptors (Lipinski definition) is 0. The van der Waals surface area contributed by atoms with Crippen LogP contribution in [-0.2, 0) is 12.8 Å². The van der Waals surface area contributed by atoms with Crippen LogP contribution in [0.15, 0.2) is 41.0 Å². The van der Waals surface area contributed by atoms with Gasteiger partial charge in [0.05, 0.1) is 8.07 Å². The molecule has 0 aliphatic heterocycles. The van der Waals surface area contributed by atoms with Crippen molar-refractivity contribution >= 4 is 13.3 Å². The van der Waals surface area contributed by atoms with Crippen LogP contribution in [-0.4, -0.2) is 8.07 Å². The van der Waals surface area contributed by atoms with E-state index in [-0.39, 0.29) is 0 Å². The summed E-state index contributed by atoms with van der Waals surface area (Å²) in [7, 11) is -1.61. The molecule has 162 valence electrons. The molecule has 1 atom stereocenters. The molecule has 0 nitrogen and oxygen atoms in total. The standard InChI is InChI=1S/C28H46Si/c1-8-10-12-14-16-25-19-26(17-15-13-11-9-2)21-27(20-25)29(6,7)28-23(4)18-22(3)24(28)5/h18-21,28H,8-17H2,1-7H3. The summed E-state index contributed by atoms with van der Waals surface area (Å²) in [6.07, 6.45) is 15.8. The molecule has 0 spiro atoms. The summed E-state index contributed by atoms with van der Waals surface area (Å²) in [5.74, 6) is 0. The second-order valence-corrected chi connectivity index (χ2v) is 14.7. The van der Waals surface area contributed by atoms with E-state index < -0.39 is 8.07 Å².